The van der Waals surface area contributed by atoms with Gasteiger partial charge in [0.25, 0.3) is 0 Å². The van der Waals surface area contributed by atoms with E-state index in [1.807, 2.05) is 4.90 Å². The summed E-state index contributed by atoms with van der Waals surface area (Å²) in [5.41, 5.74) is -0.526. The molecule has 0 aromatic carbocycles. The van der Waals surface area contributed by atoms with Crippen LogP contribution in [0.4, 0.5) is 0 Å². The number of nitrogens with zero attached hydrogens (tertiary/aromatic N) is 1. The summed E-state index contributed by atoms with van der Waals surface area (Å²) in [4.78, 5) is 13.7. The monoisotopic (exact) mass is 226 g/mol. The Bertz CT molecular complexity index is 245. The van der Waals surface area contributed by atoms with E-state index in [1.165, 1.54) is 6.42 Å². The number of hydrogen-bond acceptors (Lipinski definition) is 3. The second kappa shape index (κ2) is 5.15. The topological polar surface area (TPSA) is 52.6 Å². The minimum atomic E-state index is -0.526. The summed E-state index contributed by atoms with van der Waals surface area (Å²) in [5, 5.41) is 12.9. The highest BCUT2D eigenvalue weighted by molar-refractivity contribution is 5.78. The summed E-state index contributed by atoms with van der Waals surface area (Å²) in [7, 11) is 0. The lowest BCUT2D eigenvalue weighted by Crippen LogP contribution is -2.49. The summed E-state index contributed by atoms with van der Waals surface area (Å²) in [6.45, 7) is 2.75. The van der Waals surface area contributed by atoms with E-state index in [0.29, 0.717) is 13.1 Å². The van der Waals surface area contributed by atoms with Crippen LogP contribution in [0, 0.1) is 0 Å². The summed E-state index contributed by atoms with van der Waals surface area (Å²) in [5.74, 6) is 0.183. The lowest BCUT2D eigenvalue weighted by atomic mass is 9.80. The molecule has 1 aliphatic heterocycles. The summed E-state index contributed by atoms with van der Waals surface area (Å²) in [6, 6.07) is 0. The Morgan fingerprint density at radius 1 is 1.19 bits per heavy atom. The fourth-order valence-electron chi connectivity index (χ4n) is 2.42. The Kier molecular flexibility index (Phi) is 3.82. The van der Waals surface area contributed by atoms with Gasteiger partial charge < -0.3 is 15.3 Å². The number of nitrogens with one attached hydrogen (secondary N) is 1. The molecule has 0 spiro atoms. The molecule has 1 aliphatic carbocycles. The van der Waals surface area contributed by atoms with Crippen molar-refractivity contribution in [2.75, 3.05) is 26.2 Å². The Morgan fingerprint density at radius 3 is 2.44 bits per heavy atom. The molecule has 0 atom stereocenters. The van der Waals surface area contributed by atoms with Gasteiger partial charge in [-0.3, -0.25) is 4.79 Å². The van der Waals surface area contributed by atoms with Crippen LogP contribution in [0.1, 0.15) is 38.5 Å². The van der Waals surface area contributed by atoms with E-state index >= 15 is 0 Å². The molecule has 1 saturated heterocycles. The Hall–Kier alpha value is -0.610. The standard InChI is InChI=1S/C12H22N2O2/c15-11(14-7-2-1-3-8-14)9-13-10-12(16)5-4-6-12/h13,16H,1-10H2. The molecule has 1 amide bonds. The van der Waals surface area contributed by atoms with Crippen LogP contribution in [0.5, 0.6) is 0 Å². The second-order valence-electron chi connectivity index (χ2n) is 5.12. The predicted molar refractivity (Wildman–Crippen MR) is 62.1 cm³/mol. The highest BCUT2D eigenvalue weighted by Crippen LogP contribution is 2.30. The number of hydrogen-bond donors (Lipinski definition) is 2. The zero-order valence-electron chi connectivity index (χ0n) is 9.87. The summed E-state index contributed by atoms with van der Waals surface area (Å²) < 4.78 is 0. The Labute approximate surface area is 97.0 Å². The van der Waals surface area contributed by atoms with Crippen LogP contribution in [0.15, 0.2) is 0 Å². The predicted octanol–water partition coefficient (Wildman–Crippen LogP) is 0.503. The maximum absolute atomic E-state index is 11.8. The van der Waals surface area contributed by atoms with E-state index in [4.69, 9.17) is 0 Å². The molecule has 1 heterocycles. The minimum Gasteiger partial charge on any atom is -0.389 e. The number of piperidine rings is 1. The first-order valence-electron chi connectivity index (χ1n) is 6.41. The third kappa shape index (κ3) is 2.95. The van der Waals surface area contributed by atoms with E-state index in [2.05, 4.69) is 5.32 Å². The van der Waals surface area contributed by atoms with Gasteiger partial charge in [0.05, 0.1) is 12.1 Å². The van der Waals surface area contributed by atoms with Crippen molar-refractivity contribution < 1.29 is 9.90 Å². The molecular weight excluding hydrogens is 204 g/mol. The van der Waals surface area contributed by atoms with Crippen LogP contribution in [-0.2, 0) is 4.79 Å². The van der Waals surface area contributed by atoms with Gasteiger partial charge in [0.15, 0.2) is 0 Å². The van der Waals surface area contributed by atoms with Crippen molar-refractivity contribution in [3.8, 4) is 0 Å². The molecule has 92 valence electrons. The molecule has 0 unspecified atom stereocenters. The number of aliphatic hydroxyl groups is 1. The van der Waals surface area contributed by atoms with E-state index in [9.17, 15) is 9.90 Å². The number of likely N-dealkylation sites (tertiary alicyclic amines) is 1. The maximum atomic E-state index is 11.8. The highest BCUT2D eigenvalue weighted by atomic mass is 16.3. The molecule has 4 nitrogen and oxygen atoms in total. The van der Waals surface area contributed by atoms with Crippen LogP contribution in [0.25, 0.3) is 0 Å². The van der Waals surface area contributed by atoms with Crippen molar-refractivity contribution in [2.45, 2.75) is 44.1 Å². The molecule has 2 fully saturated rings. The van der Waals surface area contributed by atoms with Crippen LogP contribution in [-0.4, -0.2) is 47.7 Å². The van der Waals surface area contributed by atoms with Gasteiger partial charge in [-0.1, -0.05) is 0 Å². The number of carbonyl (C=O) groups is 1. The van der Waals surface area contributed by atoms with Crippen molar-refractivity contribution in [1.82, 2.24) is 10.2 Å². The first-order chi connectivity index (χ1) is 7.70. The fourth-order valence-corrected chi connectivity index (χ4v) is 2.42. The Balaban J connectivity index is 1.63. The largest absolute Gasteiger partial charge is 0.389 e. The molecule has 0 aromatic rings. The molecule has 4 heteroatoms. The first-order valence-corrected chi connectivity index (χ1v) is 6.41. The first kappa shape index (κ1) is 11.9. The average Bonchev–Trinajstić information content (AvgIpc) is 2.28. The average molecular weight is 226 g/mol. The van der Waals surface area contributed by atoms with Gasteiger partial charge in [0.1, 0.15) is 0 Å². The van der Waals surface area contributed by atoms with Crippen LogP contribution in [0.3, 0.4) is 0 Å². The molecule has 0 radical (unpaired) electrons. The third-order valence-electron chi connectivity index (χ3n) is 3.72. The van der Waals surface area contributed by atoms with Gasteiger partial charge in [-0.25, -0.2) is 0 Å². The zero-order chi connectivity index (χ0) is 11.4. The van der Waals surface area contributed by atoms with Crippen molar-refractivity contribution >= 4 is 5.91 Å². The van der Waals surface area contributed by atoms with Gasteiger partial charge in [0.2, 0.25) is 5.91 Å². The number of rotatable bonds is 4. The molecule has 0 bridgehead atoms. The molecular formula is C12H22N2O2. The van der Waals surface area contributed by atoms with Crippen molar-refractivity contribution in [2.24, 2.45) is 0 Å². The minimum absolute atomic E-state index is 0.183. The molecule has 2 rings (SSSR count). The maximum Gasteiger partial charge on any atom is 0.236 e. The van der Waals surface area contributed by atoms with Crippen LogP contribution < -0.4 is 5.32 Å². The van der Waals surface area contributed by atoms with Gasteiger partial charge in [0, 0.05) is 19.6 Å². The zero-order valence-corrected chi connectivity index (χ0v) is 9.87. The third-order valence-corrected chi connectivity index (χ3v) is 3.72. The highest BCUT2D eigenvalue weighted by Gasteiger charge is 2.33. The fraction of sp³-hybridized carbons (Fsp3) is 0.917. The molecule has 16 heavy (non-hydrogen) atoms. The van der Waals surface area contributed by atoms with E-state index < -0.39 is 5.60 Å². The van der Waals surface area contributed by atoms with E-state index in [0.717, 1.165) is 45.2 Å². The van der Waals surface area contributed by atoms with Crippen molar-refractivity contribution in [3.63, 3.8) is 0 Å². The van der Waals surface area contributed by atoms with Gasteiger partial charge in [-0.05, 0) is 38.5 Å². The van der Waals surface area contributed by atoms with Gasteiger partial charge in [-0.15, -0.1) is 0 Å². The SMILES string of the molecule is O=C(CNCC1(O)CCC1)N1CCCCC1. The lowest BCUT2D eigenvalue weighted by molar-refractivity contribution is -0.131. The summed E-state index contributed by atoms with van der Waals surface area (Å²) >= 11 is 0. The molecule has 2 aliphatic rings. The molecule has 2 N–H and O–H groups in total. The second-order valence-corrected chi connectivity index (χ2v) is 5.12. The summed E-state index contributed by atoms with van der Waals surface area (Å²) in [6.07, 6.45) is 6.37. The number of amides is 1. The quantitative estimate of drug-likeness (QED) is 0.734. The molecule has 1 saturated carbocycles. The van der Waals surface area contributed by atoms with Crippen LogP contribution in [0.2, 0.25) is 0 Å². The van der Waals surface area contributed by atoms with Crippen LogP contribution >= 0.6 is 0 Å². The lowest BCUT2D eigenvalue weighted by Gasteiger charge is -2.37. The van der Waals surface area contributed by atoms with E-state index in [1.54, 1.807) is 0 Å². The van der Waals surface area contributed by atoms with Gasteiger partial charge >= 0.3 is 0 Å². The number of carbonyl (C=O) groups excluding carboxylic acids is 1. The van der Waals surface area contributed by atoms with Crippen molar-refractivity contribution in [1.29, 1.82) is 0 Å². The Morgan fingerprint density at radius 2 is 1.88 bits per heavy atom. The molecule has 0 aromatic heterocycles. The smallest absolute Gasteiger partial charge is 0.236 e. The van der Waals surface area contributed by atoms with E-state index in [-0.39, 0.29) is 5.91 Å². The normalized spacial score (nSPS) is 23.9. The van der Waals surface area contributed by atoms with Gasteiger partial charge in [-0.2, -0.15) is 0 Å². The van der Waals surface area contributed by atoms with Crippen molar-refractivity contribution in [3.05, 3.63) is 0 Å².